The van der Waals surface area contributed by atoms with Crippen molar-refractivity contribution in [1.82, 2.24) is 5.32 Å². The Hall–Kier alpha value is -2.29. The number of unbranched alkanes of at least 4 members (excludes halogenated alkanes) is 13. The van der Waals surface area contributed by atoms with E-state index in [9.17, 15) is 19.0 Å². The summed E-state index contributed by atoms with van der Waals surface area (Å²) in [6.45, 7) is 4.08. The first-order chi connectivity index (χ1) is 25.3. The molecule has 10 heteroatoms. The lowest BCUT2D eigenvalue weighted by Gasteiger charge is -2.19. The molecule has 0 radical (unpaired) electrons. The monoisotopic (exact) mass is 752 g/mol. The molecule has 2 atom stereocenters. The molecule has 0 amide bonds. The van der Waals surface area contributed by atoms with E-state index >= 15 is 0 Å². The normalized spacial score (nSPS) is 14.0. The maximum absolute atomic E-state index is 12.5. The highest BCUT2D eigenvalue weighted by molar-refractivity contribution is 7.47. The number of hydrogen-bond acceptors (Lipinski definition) is 8. The Bertz CT molecular complexity index is 1040. The largest absolute Gasteiger partial charge is 0.472 e. The summed E-state index contributed by atoms with van der Waals surface area (Å²) < 4.78 is 33.0. The summed E-state index contributed by atoms with van der Waals surface area (Å²) in [6, 6.07) is 0. The fraction of sp³-hybridized carbons (Fsp3) is 0.714. The van der Waals surface area contributed by atoms with Crippen LogP contribution in [0.15, 0.2) is 60.8 Å². The summed E-state index contributed by atoms with van der Waals surface area (Å²) in [5, 5.41) is 2.81. The van der Waals surface area contributed by atoms with Crippen LogP contribution in [0, 0.1) is 0 Å². The van der Waals surface area contributed by atoms with Gasteiger partial charge in [-0.25, -0.2) is 4.57 Å². The van der Waals surface area contributed by atoms with Crippen molar-refractivity contribution in [3.05, 3.63) is 60.8 Å². The molecule has 0 saturated carbocycles. The van der Waals surface area contributed by atoms with E-state index in [-0.39, 0.29) is 26.1 Å². The summed E-state index contributed by atoms with van der Waals surface area (Å²) in [6.07, 6.45) is 42.8. The molecular weight excluding hydrogens is 677 g/mol. The Morgan fingerprint density at radius 1 is 0.596 bits per heavy atom. The van der Waals surface area contributed by atoms with Crippen LogP contribution in [0.4, 0.5) is 0 Å². The van der Waals surface area contributed by atoms with E-state index in [0.717, 1.165) is 44.9 Å². The van der Waals surface area contributed by atoms with Crippen LogP contribution in [-0.2, 0) is 32.7 Å². The van der Waals surface area contributed by atoms with Crippen LogP contribution in [-0.4, -0.2) is 56.3 Å². The molecule has 0 heterocycles. The van der Waals surface area contributed by atoms with Gasteiger partial charge in [-0.05, 0) is 58.4 Å². The van der Waals surface area contributed by atoms with Crippen molar-refractivity contribution < 1.29 is 37.6 Å². The molecule has 0 bridgehead atoms. The maximum atomic E-state index is 12.5. The third kappa shape index (κ3) is 37.5. The summed E-state index contributed by atoms with van der Waals surface area (Å²) in [4.78, 5) is 34.9. The van der Waals surface area contributed by atoms with Crippen molar-refractivity contribution >= 4 is 19.8 Å². The number of hydrogen-bond donors (Lipinski definition) is 2. The highest BCUT2D eigenvalue weighted by Crippen LogP contribution is 2.43. The van der Waals surface area contributed by atoms with E-state index in [1.165, 1.54) is 77.0 Å². The van der Waals surface area contributed by atoms with Crippen LogP contribution in [0.25, 0.3) is 0 Å². The van der Waals surface area contributed by atoms with Crippen molar-refractivity contribution in [1.29, 1.82) is 0 Å². The molecule has 0 aromatic carbocycles. The second-order valence-corrected chi connectivity index (χ2v) is 14.6. The molecule has 0 aromatic rings. The second-order valence-electron chi connectivity index (χ2n) is 13.1. The number of carbonyl (C=O) groups is 2. The molecule has 52 heavy (non-hydrogen) atoms. The molecule has 0 aliphatic heterocycles. The van der Waals surface area contributed by atoms with Crippen LogP contribution in [0.5, 0.6) is 0 Å². The first-order valence-corrected chi connectivity index (χ1v) is 21.7. The smallest absolute Gasteiger partial charge is 0.462 e. The molecule has 2 unspecified atom stereocenters. The lowest BCUT2D eigenvalue weighted by molar-refractivity contribution is -0.161. The van der Waals surface area contributed by atoms with Crippen LogP contribution in [0.2, 0.25) is 0 Å². The summed E-state index contributed by atoms with van der Waals surface area (Å²) in [7, 11) is -2.68. The highest BCUT2D eigenvalue weighted by atomic mass is 31.2. The van der Waals surface area contributed by atoms with Crippen molar-refractivity contribution in [2.45, 2.75) is 161 Å². The third-order valence-corrected chi connectivity index (χ3v) is 9.14. The van der Waals surface area contributed by atoms with Gasteiger partial charge >= 0.3 is 19.8 Å². The van der Waals surface area contributed by atoms with Crippen LogP contribution < -0.4 is 5.32 Å². The van der Waals surface area contributed by atoms with Crippen molar-refractivity contribution in [2.24, 2.45) is 0 Å². The van der Waals surface area contributed by atoms with Gasteiger partial charge in [-0.15, -0.1) is 0 Å². The quantitative estimate of drug-likeness (QED) is 0.0276. The highest BCUT2D eigenvalue weighted by Gasteiger charge is 2.26. The summed E-state index contributed by atoms with van der Waals surface area (Å²) >= 11 is 0. The fourth-order valence-electron chi connectivity index (χ4n) is 5.06. The van der Waals surface area contributed by atoms with E-state index in [1.54, 1.807) is 7.05 Å². The molecule has 0 rings (SSSR count). The van der Waals surface area contributed by atoms with Gasteiger partial charge in [-0.3, -0.25) is 18.6 Å². The Morgan fingerprint density at radius 2 is 1.08 bits per heavy atom. The third-order valence-electron chi connectivity index (χ3n) is 8.15. The predicted octanol–water partition coefficient (Wildman–Crippen LogP) is 11.2. The van der Waals surface area contributed by atoms with Crippen molar-refractivity contribution in [3.8, 4) is 0 Å². The zero-order valence-electron chi connectivity index (χ0n) is 33.0. The van der Waals surface area contributed by atoms with Crippen LogP contribution in [0.1, 0.15) is 155 Å². The number of phosphoric acid groups is 1. The Labute approximate surface area is 317 Å². The van der Waals surface area contributed by atoms with Gasteiger partial charge in [0.2, 0.25) is 0 Å². The van der Waals surface area contributed by atoms with E-state index in [0.29, 0.717) is 13.0 Å². The minimum atomic E-state index is -4.36. The summed E-state index contributed by atoms with van der Waals surface area (Å²) in [5.74, 6) is -0.907. The number of carbonyl (C=O) groups excluding carboxylic acids is 2. The molecule has 0 spiro atoms. The van der Waals surface area contributed by atoms with Gasteiger partial charge in [0.25, 0.3) is 0 Å². The fourth-order valence-corrected chi connectivity index (χ4v) is 5.81. The van der Waals surface area contributed by atoms with Crippen molar-refractivity contribution in [3.63, 3.8) is 0 Å². The lowest BCUT2D eigenvalue weighted by Crippen LogP contribution is -2.29. The zero-order valence-corrected chi connectivity index (χ0v) is 33.9. The summed E-state index contributed by atoms with van der Waals surface area (Å²) in [5.41, 5.74) is 0. The molecular formula is C42H74NO8P. The van der Waals surface area contributed by atoms with E-state index in [4.69, 9.17) is 18.5 Å². The minimum Gasteiger partial charge on any atom is -0.462 e. The predicted molar refractivity (Wildman–Crippen MR) is 215 cm³/mol. The Morgan fingerprint density at radius 3 is 1.62 bits per heavy atom. The van der Waals surface area contributed by atoms with Gasteiger partial charge < -0.3 is 19.7 Å². The van der Waals surface area contributed by atoms with Gasteiger partial charge in [0.15, 0.2) is 6.10 Å². The average molecular weight is 752 g/mol. The number of phosphoric ester groups is 1. The van der Waals surface area contributed by atoms with Crippen molar-refractivity contribution in [2.75, 3.05) is 33.4 Å². The van der Waals surface area contributed by atoms with E-state index < -0.39 is 32.5 Å². The second kappa shape index (κ2) is 38.4. The molecule has 9 nitrogen and oxygen atoms in total. The standard InChI is InChI=1S/C42H74NO8P/c1-4-6-8-10-12-14-16-17-18-19-20-21-22-23-25-27-29-31-33-35-42(45)51-40(39-50-52(46,47)49-37-36-43-3)38-48-41(44)34-32-30-28-26-24-15-13-11-9-7-5-2/h12,14,17-18,20-21,23,25,29,31,40,43H,4-11,13,15-16,19,22,24,26-28,30,32-39H2,1-3H3,(H,46,47)/b14-12-,18-17-,21-20-,25-23-,31-29-. The van der Waals surface area contributed by atoms with Gasteiger partial charge in [0.1, 0.15) is 6.61 Å². The average Bonchev–Trinajstić information content (AvgIpc) is 3.12. The number of rotatable bonds is 37. The molecule has 0 saturated heterocycles. The molecule has 300 valence electrons. The number of allylic oxidation sites excluding steroid dienone is 10. The number of likely N-dealkylation sites (N-methyl/N-ethyl adjacent to an activating group) is 1. The maximum Gasteiger partial charge on any atom is 0.472 e. The molecule has 2 N–H and O–H groups in total. The Kier molecular flexibility index (Phi) is 36.7. The van der Waals surface area contributed by atoms with E-state index in [2.05, 4.69) is 67.8 Å². The molecule has 0 fully saturated rings. The first-order valence-electron chi connectivity index (χ1n) is 20.2. The molecule has 0 aromatic heterocycles. The van der Waals surface area contributed by atoms with Gasteiger partial charge in [-0.2, -0.15) is 0 Å². The molecule has 0 aliphatic rings. The minimum absolute atomic E-state index is 0.0317. The first kappa shape index (κ1) is 49.7. The van der Waals surface area contributed by atoms with E-state index in [1.807, 2.05) is 12.2 Å². The number of nitrogens with one attached hydrogen (secondary N) is 1. The number of ether oxygens (including phenoxy) is 2. The topological polar surface area (TPSA) is 120 Å². The zero-order chi connectivity index (χ0) is 38.2. The lowest BCUT2D eigenvalue weighted by atomic mass is 10.1. The number of esters is 2. The van der Waals surface area contributed by atoms with Crippen LogP contribution in [0.3, 0.4) is 0 Å². The molecule has 0 aliphatic carbocycles. The van der Waals surface area contributed by atoms with Gasteiger partial charge in [-0.1, -0.05) is 152 Å². The van der Waals surface area contributed by atoms with Gasteiger partial charge in [0, 0.05) is 19.4 Å². The SMILES string of the molecule is CCCCC/C=C\C/C=C\C/C=C\C/C=C\C/C=C\CCC(=O)OC(COC(=O)CCCCCCCCCCCCC)COP(=O)(O)OCCNC. The Balaban J connectivity index is 4.40. The van der Waals surface area contributed by atoms with Crippen LogP contribution >= 0.6 is 7.82 Å². The van der Waals surface area contributed by atoms with Gasteiger partial charge in [0.05, 0.1) is 13.2 Å².